The standard InChI is InChI=1S/C11H22N2O6/c1-3-13(4-2)11(18)12-10-9(17)8(16)7(15)6(5-14)19-10/h6-10,14-17H,3-5H2,1-2H3,(H,12,18)/t6-,7-,8+,9-,10-/m1/s1. The van der Waals surface area contributed by atoms with Gasteiger partial charge in [-0.05, 0) is 13.8 Å². The molecule has 0 aromatic carbocycles. The smallest absolute Gasteiger partial charge is 0.319 e. The molecule has 0 radical (unpaired) electrons. The zero-order chi connectivity index (χ0) is 14.6. The number of aliphatic hydroxyl groups excluding tert-OH is 4. The Morgan fingerprint density at radius 1 is 1.16 bits per heavy atom. The Morgan fingerprint density at radius 2 is 1.74 bits per heavy atom. The molecule has 0 saturated carbocycles. The Hall–Kier alpha value is -0.930. The number of urea groups is 1. The molecular formula is C11H22N2O6. The lowest BCUT2D eigenvalue weighted by Gasteiger charge is -2.40. The maximum Gasteiger partial charge on any atom is 0.319 e. The van der Waals surface area contributed by atoms with E-state index in [1.807, 2.05) is 0 Å². The van der Waals surface area contributed by atoms with Gasteiger partial charge in [0, 0.05) is 13.1 Å². The summed E-state index contributed by atoms with van der Waals surface area (Å²) < 4.78 is 5.17. The maximum atomic E-state index is 11.8. The lowest BCUT2D eigenvalue weighted by molar-refractivity contribution is -0.233. The number of nitrogens with one attached hydrogen (secondary N) is 1. The number of hydrogen-bond donors (Lipinski definition) is 5. The van der Waals surface area contributed by atoms with Gasteiger partial charge < -0.3 is 35.4 Å². The monoisotopic (exact) mass is 278 g/mol. The second-order valence-corrected chi connectivity index (χ2v) is 4.37. The number of nitrogens with zero attached hydrogens (tertiary/aromatic N) is 1. The van der Waals surface area contributed by atoms with Crippen LogP contribution >= 0.6 is 0 Å². The summed E-state index contributed by atoms with van der Waals surface area (Å²) in [5, 5.41) is 40.4. The van der Waals surface area contributed by atoms with Gasteiger partial charge in [0.2, 0.25) is 0 Å². The summed E-state index contributed by atoms with van der Waals surface area (Å²) in [6.07, 6.45) is -6.59. The van der Waals surface area contributed by atoms with Gasteiger partial charge in [-0.3, -0.25) is 0 Å². The number of carbonyl (C=O) groups excluding carboxylic acids is 1. The van der Waals surface area contributed by atoms with Gasteiger partial charge in [-0.2, -0.15) is 0 Å². The van der Waals surface area contributed by atoms with Crippen molar-refractivity contribution < 1.29 is 30.0 Å². The fourth-order valence-corrected chi connectivity index (χ4v) is 1.94. The number of carbonyl (C=O) groups is 1. The van der Waals surface area contributed by atoms with Crippen molar-refractivity contribution in [1.29, 1.82) is 0 Å². The summed E-state index contributed by atoms with van der Waals surface area (Å²) in [7, 11) is 0. The molecule has 112 valence electrons. The maximum absolute atomic E-state index is 11.8. The van der Waals surface area contributed by atoms with Gasteiger partial charge in [-0.25, -0.2) is 4.79 Å². The van der Waals surface area contributed by atoms with E-state index in [2.05, 4.69) is 5.32 Å². The van der Waals surface area contributed by atoms with Crippen LogP contribution in [0.4, 0.5) is 4.79 Å². The van der Waals surface area contributed by atoms with Crippen LogP contribution in [0, 0.1) is 0 Å². The zero-order valence-electron chi connectivity index (χ0n) is 11.1. The van der Waals surface area contributed by atoms with E-state index >= 15 is 0 Å². The quantitative estimate of drug-likeness (QED) is 0.399. The van der Waals surface area contributed by atoms with Gasteiger partial charge in [0.1, 0.15) is 24.4 Å². The van der Waals surface area contributed by atoms with Crippen LogP contribution in [0.5, 0.6) is 0 Å². The summed E-state index contributed by atoms with van der Waals surface area (Å²) in [4.78, 5) is 13.3. The molecule has 0 aromatic rings. The second-order valence-electron chi connectivity index (χ2n) is 4.37. The average Bonchev–Trinajstić information content (AvgIpc) is 2.40. The van der Waals surface area contributed by atoms with E-state index in [1.165, 1.54) is 4.90 Å². The molecule has 0 bridgehead atoms. The fourth-order valence-electron chi connectivity index (χ4n) is 1.94. The van der Waals surface area contributed by atoms with Crippen LogP contribution in [-0.4, -0.2) is 81.7 Å². The van der Waals surface area contributed by atoms with Crippen LogP contribution < -0.4 is 5.32 Å². The predicted molar refractivity (Wildman–Crippen MR) is 65.2 cm³/mol. The highest BCUT2D eigenvalue weighted by atomic mass is 16.6. The van der Waals surface area contributed by atoms with Crippen LogP contribution in [0.15, 0.2) is 0 Å². The van der Waals surface area contributed by atoms with Crippen molar-refractivity contribution >= 4 is 6.03 Å². The first-order valence-electron chi connectivity index (χ1n) is 6.32. The molecule has 1 aliphatic heterocycles. The molecule has 1 aliphatic rings. The summed E-state index contributed by atoms with van der Waals surface area (Å²) >= 11 is 0. The average molecular weight is 278 g/mol. The van der Waals surface area contributed by atoms with Crippen molar-refractivity contribution in [2.24, 2.45) is 0 Å². The Bertz CT molecular complexity index is 297. The van der Waals surface area contributed by atoms with E-state index in [0.29, 0.717) is 13.1 Å². The molecule has 19 heavy (non-hydrogen) atoms. The first-order chi connectivity index (χ1) is 8.96. The van der Waals surface area contributed by atoms with Crippen molar-refractivity contribution in [1.82, 2.24) is 10.2 Å². The van der Waals surface area contributed by atoms with Gasteiger partial charge in [0.05, 0.1) is 6.61 Å². The van der Waals surface area contributed by atoms with Gasteiger partial charge >= 0.3 is 6.03 Å². The van der Waals surface area contributed by atoms with Crippen molar-refractivity contribution in [3.8, 4) is 0 Å². The molecule has 0 aliphatic carbocycles. The molecule has 8 nitrogen and oxygen atoms in total. The topological polar surface area (TPSA) is 122 Å². The SMILES string of the molecule is CCN(CC)C(=O)N[C@@H]1O[C@H](CO)[C@@H](O)[C@H](O)[C@H]1O. The fraction of sp³-hybridized carbons (Fsp3) is 0.909. The summed E-state index contributed by atoms with van der Waals surface area (Å²) in [6, 6.07) is -0.450. The van der Waals surface area contributed by atoms with Crippen LogP contribution in [0.3, 0.4) is 0 Å². The minimum absolute atomic E-state index is 0.450. The summed E-state index contributed by atoms with van der Waals surface area (Å²) in [5.74, 6) is 0. The van der Waals surface area contributed by atoms with Crippen LogP contribution in [0.2, 0.25) is 0 Å². The van der Waals surface area contributed by atoms with Crippen molar-refractivity contribution in [2.75, 3.05) is 19.7 Å². The van der Waals surface area contributed by atoms with E-state index in [1.54, 1.807) is 13.8 Å². The highest BCUT2D eigenvalue weighted by Gasteiger charge is 2.44. The number of hydrogen-bond acceptors (Lipinski definition) is 6. The Morgan fingerprint density at radius 3 is 2.21 bits per heavy atom. The third kappa shape index (κ3) is 3.54. The highest BCUT2D eigenvalue weighted by molar-refractivity contribution is 5.74. The van der Waals surface area contributed by atoms with E-state index in [0.717, 1.165) is 0 Å². The van der Waals surface area contributed by atoms with Gasteiger partial charge in [0.15, 0.2) is 6.23 Å². The molecule has 0 spiro atoms. The molecule has 5 atom stereocenters. The molecular weight excluding hydrogens is 256 g/mol. The molecule has 1 heterocycles. The Kier molecular flexibility index (Phi) is 5.95. The van der Waals surface area contributed by atoms with Crippen LogP contribution in [-0.2, 0) is 4.74 Å². The highest BCUT2D eigenvalue weighted by Crippen LogP contribution is 2.19. The first-order valence-corrected chi connectivity index (χ1v) is 6.32. The molecule has 1 fully saturated rings. The van der Waals surface area contributed by atoms with E-state index < -0.39 is 43.3 Å². The van der Waals surface area contributed by atoms with E-state index in [-0.39, 0.29) is 0 Å². The lowest BCUT2D eigenvalue weighted by atomic mass is 9.98. The molecule has 0 unspecified atom stereocenters. The van der Waals surface area contributed by atoms with Crippen molar-refractivity contribution in [3.05, 3.63) is 0 Å². The molecule has 1 saturated heterocycles. The van der Waals surface area contributed by atoms with Gasteiger partial charge in [-0.15, -0.1) is 0 Å². The molecule has 5 N–H and O–H groups in total. The van der Waals surface area contributed by atoms with E-state index in [9.17, 15) is 20.1 Å². The number of aliphatic hydroxyl groups is 4. The third-order valence-corrected chi connectivity index (χ3v) is 3.21. The normalized spacial score (nSPS) is 34.9. The predicted octanol–water partition coefficient (Wildman–Crippen LogP) is -2.16. The zero-order valence-corrected chi connectivity index (χ0v) is 11.1. The molecule has 8 heteroatoms. The Labute approximate surface area is 111 Å². The van der Waals surface area contributed by atoms with Crippen LogP contribution in [0.1, 0.15) is 13.8 Å². The lowest BCUT2D eigenvalue weighted by Crippen LogP contribution is -2.64. The Balaban J connectivity index is 2.69. The number of ether oxygens (including phenoxy) is 1. The van der Waals surface area contributed by atoms with Gasteiger partial charge in [0.25, 0.3) is 0 Å². The minimum Gasteiger partial charge on any atom is -0.394 e. The summed E-state index contributed by atoms with van der Waals surface area (Å²) in [5.41, 5.74) is 0. The van der Waals surface area contributed by atoms with Crippen LogP contribution in [0.25, 0.3) is 0 Å². The van der Waals surface area contributed by atoms with Gasteiger partial charge in [-0.1, -0.05) is 0 Å². The second kappa shape index (κ2) is 7.01. The molecule has 2 amide bonds. The minimum atomic E-state index is -1.49. The summed E-state index contributed by atoms with van der Waals surface area (Å²) in [6.45, 7) is 4.05. The third-order valence-electron chi connectivity index (χ3n) is 3.21. The first kappa shape index (κ1) is 16.1. The largest absolute Gasteiger partial charge is 0.394 e. The van der Waals surface area contributed by atoms with Crippen molar-refractivity contribution in [3.63, 3.8) is 0 Å². The molecule has 0 aromatic heterocycles. The number of amides is 2. The number of rotatable bonds is 4. The molecule has 1 rings (SSSR count). The van der Waals surface area contributed by atoms with Crippen molar-refractivity contribution in [2.45, 2.75) is 44.5 Å². The van der Waals surface area contributed by atoms with E-state index in [4.69, 9.17) is 9.84 Å².